The van der Waals surface area contributed by atoms with Crippen LogP contribution in [0.15, 0.2) is 30.9 Å². The number of nitrogens with zero attached hydrogens (tertiary/aromatic N) is 5. The number of likely N-dealkylation sites (tertiary alicyclic amines) is 1. The van der Waals surface area contributed by atoms with Gasteiger partial charge in [0.2, 0.25) is 5.91 Å². The first-order chi connectivity index (χ1) is 22.9. The second-order valence-electron chi connectivity index (χ2n) is 15.1. The van der Waals surface area contributed by atoms with Crippen LogP contribution in [0.5, 0.6) is 5.75 Å². The highest BCUT2D eigenvalue weighted by Crippen LogP contribution is 2.50. The third-order valence-electron chi connectivity index (χ3n) is 12.3. The van der Waals surface area contributed by atoms with Gasteiger partial charge in [-0.1, -0.05) is 56.0 Å². The van der Waals surface area contributed by atoms with Crippen LogP contribution in [0, 0.1) is 17.2 Å². The standard InChI is InChI=1S/C37H53ClN6O3/c1-3-33(45)43-21-20-42(24-28(43)16-18-39)35-30-15-17-37(22-26-10-8-14-31(38)34(26)47-37)23-32(30)40-36(46-25-29-13-9-19-41(29)2)44(35)27-11-6-4-5-7-12-27/h3,8,10,14,27-30,32,35-36,40H,1,4-7,9,11-13,15-17,19-25H2,2H3/t28?,29?,30?,32?,35?,36?,37-/m0/s1. The summed E-state index contributed by atoms with van der Waals surface area (Å²) in [5, 5.41) is 14.6. The summed E-state index contributed by atoms with van der Waals surface area (Å²) in [7, 11) is 2.22. The molecule has 0 bridgehead atoms. The Kier molecular flexibility index (Phi) is 10.2. The van der Waals surface area contributed by atoms with E-state index in [4.69, 9.17) is 21.1 Å². The lowest BCUT2D eigenvalue weighted by Gasteiger charge is -2.60. The molecule has 47 heavy (non-hydrogen) atoms. The first kappa shape index (κ1) is 33.3. The first-order valence-corrected chi connectivity index (χ1v) is 18.6. The zero-order chi connectivity index (χ0) is 32.5. The molecular formula is C37H53ClN6O3. The minimum absolute atomic E-state index is 0.0770. The summed E-state index contributed by atoms with van der Waals surface area (Å²) in [5.41, 5.74) is 0.938. The van der Waals surface area contributed by atoms with Crippen molar-refractivity contribution in [3.05, 3.63) is 41.4 Å². The van der Waals surface area contributed by atoms with Crippen LogP contribution in [-0.4, -0.2) is 108 Å². The van der Waals surface area contributed by atoms with Crippen molar-refractivity contribution in [3.8, 4) is 11.8 Å². The fourth-order valence-electron chi connectivity index (χ4n) is 9.87. The van der Waals surface area contributed by atoms with E-state index in [0.717, 1.165) is 44.5 Å². The number of carbonyl (C=O) groups excluding carboxylic acids is 1. The summed E-state index contributed by atoms with van der Waals surface area (Å²) in [6, 6.07) is 9.42. The van der Waals surface area contributed by atoms with Crippen LogP contribution in [0.25, 0.3) is 0 Å². The Labute approximate surface area is 286 Å². The van der Waals surface area contributed by atoms with Crippen LogP contribution in [0.2, 0.25) is 5.02 Å². The maximum atomic E-state index is 12.9. The van der Waals surface area contributed by atoms with Gasteiger partial charge in [0.05, 0.1) is 36.3 Å². The fourth-order valence-corrected chi connectivity index (χ4v) is 10.1. The van der Waals surface area contributed by atoms with E-state index in [1.165, 1.54) is 63.0 Å². The van der Waals surface area contributed by atoms with Gasteiger partial charge in [-0.15, -0.1) is 0 Å². The van der Waals surface area contributed by atoms with Gasteiger partial charge in [-0.25, -0.2) is 4.90 Å². The maximum absolute atomic E-state index is 12.9. The summed E-state index contributed by atoms with van der Waals surface area (Å²) in [6.07, 6.45) is 15.3. The number of amides is 1. The topological polar surface area (TPSA) is 84.3 Å². The molecule has 5 fully saturated rings. The SMILES string of the molecule is C=CC(=O)N1CCN(C2C3CC[C@]4(Cc5cccc(Cl)c5O4)CC3NC(OCC3CCCN3C)N2C2CCCCCC2)CC1CC#N. The second-order valence-corrected chi connectivity index (χ2v) is 15.5. The van der Waals surface area contributed by atoms with Crippen LogP contribution in [-0.2, 0) is 16.0 Å². The highest BCUT2D eigenvalue weighted by atomic mass is 35.5. The number of carbonyl (C=O) groups is 1. The van der Waals surface area contributed by atoms with Crippen molar-refractivity contribution in [2.24, 2.45) is 5.92 Å². The molecule has 4 aliphatic heterocycles. The van der Waals surface area contributed by atoms with Gasteiger partial charge in [0.25, 0.3) is 0 Å². The Morgan fingerprint density at radius 2 is 1.98 bits per heavy atom. The number of nitrogens with one attached hydrogen (secondary N) is 1. The molecule has 4 heterocycles. The van der Waals surface area contributed by atoms with E-state index >= 15 is 0 Å². The molecular weight excluding hydrogens is 612 g/mol. The van der Waals surface area contributed by atoms with E-state index in [1.54, 1.807) is 0 Å². The number of benzene rings is 1. The highest BCUT2D eigenvalue weighted by molar-refractivity contribution is 6.32. The van der Waals surface area contributed by atoms with Gasteiger partial charge in [-0.05, 0) is 69.8 Å². The largest absolute Gasteiger partial charge is 0.485 e. The minimum Gasteiger partial charge on any atom is -0.485 e. The number of hydrogen-bond donors (Lipinski definition) is 1. The number of fused-ring (bicyclic) bond motifs is 2. The van der Waals surface area contributed by atoms with Crippen LogP contribution in [0.1, 0.15) is 82.6 Å². The molecule has 1 aromatic rings. The van der Waals surface area contributed by atoms with Crippen molar-refractivity contribution in [2.75, 3.05) is 39.8 Å². The van der Waals surface area contributed by atoms with Crippen molar-refractivity contribution in [1.82, 2.24) is 24.9 Å². The van der Waals surface area contributed by atoms with Crippen LogP contribution in [0.3, 0.4) is 0 Å². The molecule has 7 atom stereocenters. The van der Waals surface area contributed by atoms with Gasteiger partial charge >= 0.3 is 0 Å². The molecule has 6 aliphatic rings. The molecule has 0 radical (unpaired) electrons. The maximum Gasteiger partial charge on any atom is 0.246 e. The van der Waals surface area contributed by atoms with Crippen LogP contribution >= 0.6 is 11.6 Å². The van der Waals surface area contributed by atoms with Gasteiger partial charge in [-0.3, -0.25) is 15.0 Å². The lowest BCUT2D eigenvalue weighted by atomic mass is 9.70. The Balaban J connectivity index is 1.22. The Morgan fingerprint density at radius 1 is 1.15 bits per heavy atom. The number of halogens is 1. The number of para-hydroxylation sites is 1. The van der Waals surface area contributed by atoms with Gasteiger partial charge in [0.1, 0.15) is 11.4 Å². The first-order valence-electron chi connectivity index (χ1n) is 18.3. The molecule has 256 valence electrons. The molecule has 1 spiro atoms. The number of hydrogen-bond acceptors (Lipinski definition) is 8. The number of nitriles is 1. The van der Waals surface area contributed by atoms with Gasteiger partial charge < -0.3 is 19.3 Å². The van der Waals surface area contributed by atoms with Crippen LogP contribution in [0.4, 0.5) is 0 Å². The predicted octanol–water partition coefficient (Wildman–Crippen LogP) is 5.14. The molecule has 2 saturated carbocycles. The number of rotatable bonds is 7. The second kappa shape index (κ2) is 14.3. The minimum atomic E-state index is -0.273. The summed E-state index contributed by atoms with van der Waals surface area (Å²) in [5.74, 6) is 1.15. The van der Waals surface area contributed by atoms with Gasteiger partial charge in [0.15, 0.2) is 6.35 Å². The Bertz CT molecular complexity index is 1330. The van der Waals surface area contributed by atoms with E-state index in [0.29, 0.717) is 49.1 Å². The molecule has 9 nitrogen and oxygen atoms in total. The predicted molar refractivity (Wildman–Crippen MR) is 183 cm³/mol. The quantitative estimate of drug-likeness (QED) is 0.317. The molecule has 3 saturated heterocycles. The van der Waals surface area contributed by atoms with Crippen molar-refractivity contribution in [3.63, 3.8) is 0 Å². The summed E-state index contributed by atoms with van der Waals surface area (Å²) in [6.45, 7) is 7.66. The summed E-state index contributed by atoms with van der Waals surface area (Å²) in [4.78, 5) is 22.5. The molecule has 1 amide bonds. The molecule has 10 heteroatoms. The van der Waals surface area contributed by atoms with E-state index in [-0.39, 0.29) is 36.1 Å². The van der Waals surface area contributed by atoms with Crippen LogP contribution < -0.4 is 10.1 Å². The monoisotopic (exact) mass is 664 g/mol. The third-order valence-corrected chi connectivity index (χ3v) is 12.6. The zero-order valence-electron chi connectivity index (χ0n) is 28.1. The average Bonchev–Trinajstić information content (AvgIpc) is 3.54. The number of piperazine rings is 1. The van der Waals surface area contributed by atoms with Gasteiger partial charge in [0, 0.05) is 56.5 Å². The lowest BCUT2D eigenvalue weighted by Crippen LogP contribution is -2.75. The van der Waals surface area contributed by atoms with E-state index in [1.807, 2.05) is 17.0 Å². The van der Waals surface area contributed by atoms with Crippen molar-refractivity contribution < 1.29 is 14.3 Å². The smallest absolute Gasteiger partial charge is 0.246 e. The van der Waals surface area contributed by atoms with Gasteiger partial charge in [-0.2, -0.15) is 5.26 Å². The Morgan fingerprint density at radius 3 is 2.70 bits per heavy atom. The van der Waals surface area contributed by atoms with Crippen molar-refractivity contribution >= 4 is 17.5 Å². The number of ether oxygens (including phenoxy) is 2. The summed E-state index contributed by atoms with van der Waals surface area (Å²) < 4.78 is 13.9. The fraction of sp³-hybridized carbons (Fsp3) is 0.730. The molecule has 1 aromatic carbocycles. The zero-order valence-corrected chi connectivity index (χ0v) is 28.9. The van der Waals surface area contributed by atoms with E-state index < -0.39 is 0 Å². The third kappa shape index (κ3) is 6.71. The average molecular weight is 665 g/mol. The van der Waals surface area contributed by atoms with Crippen molar-refractivity contribution in [2.45, 2.75) is 126 Å². The normalized spacial score (nSPS) is 35.6. The van der Waals surface area contributed by atoms with E-state index in [2.05, 4.69) is 45.8 Å². The number of likely N-dealkylation sites (N-methyl/N-ethyl adjacent to an activating group) is 1. The summed E-state index contributed by atoms with van der Waals surface area (Å²) >= 11 is 6.64. The molecule has 6 unspecified atom stereocenters. The lowest BCUT2D eigenvalue weighted by molar-refractivity contribution is -0.219. The molecule has 0 aromatic heterocycles. The van der Waals surface area contributed by atoms with E-state index in [9.17, 15) is 10.1 Å². The Hall–Kier alpha value is -2.19. The highest BCUT2D eigenvalue weighted by Gasteiger charge is 2.56. The molecule has 2 aliphatic carbocycles. The molecule has 7 rings (SSSR count). The van der Waals surface area contributed by atoms with Crippen molar-refractivity contribution in [1.29, 1.82) is 5.26 Å². The molecule has 1 N–H and O–H groups in total.